The highest BCUT2D eigenvalue weighted by atomic mass is 35.5. The normalized spacial score (nSPS) is 18.3. The molecule has 1 aromatic carbocycles. The first-order chi connectivity index (χ1) is 12.6. The third-order valence-corrected chi connectivity index (χ3v) is 6.01. The van der Waals surface area contributed by atoms with Crippen LogP contribution in [-0.2, 0) is 11.3 Å². The van der Waals surface area contributed by atoms with Gasteiger partial charge in [-0.2, -0.15) is 0 Å². The topological polar surface area (TPSA) is 64.8 Å². The Balaban J connectivity index is 0.00000261. The number of nitrogens with zero attached hydrogens (tertiary/aromatic N) is 1. The summed E-state index contributed by atoms with van der Waals surface area (Å²) in [5.74, 6) is 1.83. The third kappa shape index (κ3) is 5.29. The Bertz CT molecular complexity index is 628. The molecule has 2 saturated carbocycles. The Morgan fingerprint density at radius 2 is 1.89 bits per heavy atom. The van der Waals surface area contributed by atoms with Crippen LogP contribution in [0.15, 0.2) is 18.2 Å². The van der Waals surface area contributed by atoms with Gasteiger partial charge >= 0.3 is 0 Å². The van der Waals surface area contributed by atoms with Crippen molar-refractivity contribution in [2.24, 2.45) is 11.1 Å². The van der Waals surface area contributed by atoms with Crippen molar-refractivity contribution in [2.45, 2.75) is 64.0 Å². The van der Waals surface area contributed by atoms with Gasteiger partial charge in [0, 0.05) is 24.6 Å². The number of benzene rings is 1. The molecule has 2 aliphatic carbocycles. The molecule has 152 valence electrons. The highest BCUT2D eigenvalue weighted by Gasteiger charge is 2.38. The van der Waals surface area contributed by atoms with E-state index in [9.17, 15) is 4.79 Å². The molecule has 3 rings (SSSR count). The molecular formula is C21H33ClN2O3. The predicted octanol–water partition coefficient (Wildman–Crippen LogP) is 3.92. The van der Waals surface area contributed by atoms with Crippen LogP contribution in [0.25, 0.3) is 0 Å². The second kappa shape index (κ2) is 9.65. The molecular weight excluding hydrogens is 364 g/mol. The van der Waals surface area contributed by atoms with E-state index in [-0.39, 0.29) is 23.7 Å². The number of carbonyl (C=O) groups excluding carboxylic acids is 1. The maximum atomic E-state index is 13.2. The Kier molecular flexibility index (Phi) is 7.80. The van der Waals surface area contributed by atoms with Gasteiger partial charge in [0.25, 0.3) is 0 Å². The molecule has 0 saturated heterocycles. The summed E-state index contributed by atoms with van der Waals surface area (Å²) in [7, 11) is 3.32. The fraction of sp³-hybridized carbons (Fsp3) is 0.667. The lowest BCUT2D eigenvalue weighted by atomic mass is 9.71. The largest absolute Gasteiger partial charge is 0.497 e. The van der Waals surface area contributed by atoms with Gasteiger partial charge in [0.2, 0.25) is 5.91 Å². The maximum absolute atomic E-state index is 13.2. The van der Waals surface area contributed by atoms with Crippen LogP contribution < -0.4 is 15.2 Å². The highest BCUT2D eigenvalue weighted by Crippen LogP contribution is 2.40. The monoisotopic (exact) mass is 396 g/mol. The molecule has 0 aliphatic heterocycles. The zero-order valence-corrected chi connectivity index (χ0v) is 17.4. The van der Waals surface area contributed by atoms with Gasteiger partial charge in [-0.3, -0.25) is 4.79 Å². The first-order valence-electron chi connectivity index (χ1n) is 9.81. The Labute approximate surface area is 169 Å². The zero-order chi connectivity index (χ0) is 18.6. The summed E-state index contributed by atoms with van der Waals surface area (Å²) in [5, 5.41) is 0. The van der Waals surface area contributed by atoms with Crippen molar-refractivity contribution in [3.05, 3.63) is 23.8 Å². The molecule has 0 unspecified atom stereocenters. The highest BCUT2D eigenvalue weighted by molar-refractivity contribution is 5.85. The second-order valence-corrected chi connectivity index (χ2v) is 7.87. The number of halogens is 1. The molecule has 5 nitrogen and oxygen atoms in total. The molecule has 2 N–H and O–H groups in total. The smallest absolute Gasteiger partial charge is 0.223 e. The number of ether oxygens (including phenoxy) is 2. The van der Waals surface area contributed by atoms with Gasteiger partial charge in [0.05, 0.1) is 14.2 Å². The van der Waals surface area contributed by atoms with Crippen LogP contribution in [0.4, 0.5) is 0 Å². The fourth-order valence-corrected chi connectivity index (χ4v) is 4.17. The van der Waals surface area contributed by atoms with Gasteiger partial charge in [-0.05, 0) is 55.8 Å². The van der Waals surface area contributed by atoms with Crippen molar-refractivity contribution in [2.75, 3.05) is 20.8 Å². The molecule has 0 bridgehead atoms. The van der Waals surface area contributed by atoms with Gasteiger partial charge < -0.3 is 20.1 Å². The summed E-state index contributed by atoms with van der Waals surface area (Å²) in [5.41, 5.74) is 7.11. The first-order valence-corrected chi connectivity index (χ1v) is 9.81. The second-order valence-electron chi connectivity index (χ2n) is 7.87. The summed E-state index contributed by atoms with van der Waals surface area (Å²) in [6, 6.07) is 6.13. The number of nitrogens with two attached hydrogens (primary N) is 1. The Morgan fingerprint density at radius 3 is 2.44 bits per heavy atom. The van der Waals surface area contributed by atoms with E-state index in [1.807, 2.05) is 23.1 Å². The van der Waals surface area contributed by atoms with E-state index in [4.69, 9.17) is 15.2 Å². The number of hydrogen-bond acceptors (Lipinski definition) is 4. The van der Waals surface area contributed by atoms with Crippen molar-refractivity contribution in [1.82, 2.24) is 4.90 Å². The van der Waals surface area contributed by atoms with Crippen molar-refractivity contribution in [3.63, 3.8) is 0 Å². The minimum absolute atomic E-state index is 0. The van der Waals surface area contributed by atoms with E-state index in [0.29, 0.717) is 25.6 Å². The standard InChI is InChI=1S/C21H32N2O3.ClH/c1-25-18-8-9-19(26-2)16(12-18)14-23(17-6-7-17)20(24)13-21(15-22)10-4-3-5-11-21;/h8-9,12,17H,3-7,10-11,13-15,22H2,1-2H3;1H. The number of rotatable bonds is 8. The van der Waals surface area contributed by atoms with Crippen molar-refractivity contribution in [1.29, 1.82) is 0 Å². The molecule has 2 fully saturated rings. The van der Waals surface area contributed by atoms with Gasteiger partial charge in [-0.25, -0.2) is 0 Å². The minimum atomic E-state index is 0. The van der Waals surface area contributed by atoms with E-state index < -0.39 is 0 Å². The molecule has 0 heterocycles. The summed E-state index contributed by atoms with van der Waals surface area (Å²) in [6.07, 6.45) is 8.57. The van der Waals surface area contributed by atoms with Crippen LogP contribution in [0.1, 0.15) is 56.9 Å². The quantitative estimate of drug-likeness (QED) is 0.723. The van der Waals surface area contributed by atoms with Crippen molar-refractivity contribution >= 4 is 18.3 Å². The van der Waals surface area contributed by atoms with Crippen LogP contribution in [0.2, 0.25) is 0 Å². The number of hydrogen-bond donors (Lipinski definition) is 1. The zero-order valence-electron chi connectivity index (χ0n) is 16.5. The Hall–Kier alpha value is -1.46. The van der Waals surface area contributed by atoms with Gasteiger partial charge in [0.15, 0.2) is 0 Å². The van der Waals surface area contributed by atoms with E-state index in [2.05, 4.69) is 0 Å². The molecule has 0 atom stereocenters. The minimum Gasteiger partial charge on any atom is -0.497 e. The van der Waals surface area contributed by atoms with E-state index >= 15 is 0 Å². The lowest BCUT2D eigenvalue weighted by Crippen LogP contribution is -2.41. The third-order valence-electron chi connectivity index (χ3n) is 6.01. The summed E-state index contributed by atoms with van der Waals surface area (Å²) in [4.78, 5) is 15.3. The van der Waals surface area contributed by atoms with E-state index in [1.54, 1.807) is 14.2 Å². The molecule has 6 heteroatoms. The van der Waals surface area contributed by atoms with Gasteiger partial charge in [0.1, 0.15) is 11.5 Å². The molecule has 1 aromatic rings. The number of methoxy groups -OCH3 is 2. The predicted molar refractivity (Wildman–Crippen MR) is 110 cm³/mol. The lowest BCUT2D eigenvalue weighted by molar-refractivity contribution is -0.135. The van der Waals surface area contributed by atoms with Crippen LogP contribution in [0, 0.1) is 5.41 Å². The van der Waals surface area contributed by atoms with Crippen molar-refractivity contribution < 1.29 is 14.3 Å². The van der Waals surface area contributed by atoms with Gasteiger partial charge in [-0.1, -0.05) is 19.3 Å². The SMILES string of the molecule is COc1ccc(OC)c(CN(C(=O)CC2(CN)CCCCC2)C2CC2)c1.Cl. The van der Waals surface area contributed by atoms with E-state index in [0.717, 1.165) is 42.7 Å². The molecule has 27 heavy (non-hydrogen) atoms. The van der Waals surface area contributed by atoms with Crippen LogP contribution >= 0.6 is 12.4 Å². The van der Waals surface area contributed by atoms with Crippen LogP contribution in [0.5, 0.6) is 11.5 Å². The first kappa shape index (κ1) is 21.8. The number of carbonyl (C=O) groups is 1. The molecule has 1 amide bonds. The maximum Gasteiger partial charge on any atom is 0.223 e. The number of amides is 1. The summed E-state index contributed by atoms with van der Waals surface area (Å²) < 4.78 is 10.9. The average Bonchev–Trinajstić information content (AvgIpc) is 3.51. The average molecular weight is 397 g/mol. The van der Waals surface area contributed by atoms with Gasteiger partial charge in [-0.15, -0.1) is 12.4 Å². The lowest BCUT2D eigenvalue weighted by Gasteiger charge is -2.37. The molecule has 0 radical (unpaired) electrons. The fourth-order valence-electron chi connectivity index (χ4n) is 4.17. The summed E-state index contributed by atoms with van der Waals surface area (Å²) in [6.45, 7) is 1.18. The van der Waals surface area contributed by atoms with E-state index in [1.165, 1.54) is 19.3 Å². The molecule has 0 spiro atoms. The summed E-state index contributed by atoms with van der Waals surface area (Å²) >= 11 is 0. The Morgan fingerprint density at radius 1 is 1.19 bits per heavy atom. The van der Waals surface area contributed by atoms with Crippen LogP contribution in [0.3, 0.4) is 0 Å². The molecule has 2 aliphatic rings. The van der Waals surface area contributed by atoms with Crippen molar-refractivity contribution in [3.8, 4) is 11.5 Å². The molecule has 0 aromatic heterocycles. The van der Waals surface area contributed by atoms with Crippen LogP contribution in [-0.4, -0.2) is 37.6 Å².